The van der Waals surface area contributed by atoms with E-state index < -0.39 is 17.5 Å². The fourth-order valence-corrected chi connectivity index (χ4v) is 7.27. The Balaban J connectivity index is 2.07. The molecule has 276 valence electrons. The molecule has 0 spiro atoms. The monoisotopic (exact) mass is 674 g/mol. The Morgan fingerprint density at radius 2 is 1.44 bits per heavy atom. The second-order valence-corrected chi connectivity index (χ2v) is 16.1. The molecule has 4 atom stereocenters. The van der Waals surface area contributed by atoms with Gasteiger partial charge in [0.2, 0.25) is 23.6 Å². The molecule has 0 bridgehead atoms. The third kappa shape index (κ3) is 12.5. The van der Waals surface area contributed by atoms with Crippen molar-refractivity contribution < 1.29 is 19.2 Å². The first kappa shape index (κ1) is 41.7. The van der Waals surface area contributed by atoms with Gasteiger partial charge in [-0.1, -0.05) is 99.0 Å². The number of nitrogens with zero attached hydrogens (tertiary/aromatic N) is 3. The van der Waals surface area contributed by atoms with Crippen molar-refractivity contribution in [1.82, 2.24) is 25.3 Å². The number of amides is 4. The Morgan fingerprint density at radius 1 is 0.833 bits per heavy atom. The Morgan fingerprint density at radius 3 is 2.02 bits per heavy atom. The Bertz CT molecular complexity index is 1070. The summed E-state index contributed by atoms with van der Waals surface area (Å²) in [6, 6.07) is -1.53. The first-order chi connectivity index (χ1) is 22.6. The Hall–Kier alpha value is -2.42. The van der Waals surface area contributed by atoms with Gasteiger partial charge in [-0.05, 0) is 70.8 Å². The molecule has 2 N–H and O–H groups in total. The van der Waals surface area contributed by atoms with Gasteiger partial charge >= 0.3 is 0 Å². The van der Waals surface area contributed by atoms with Gasteiger partial charge in [-0.3, -0.25) is 24.1 Å². The molecule has 2 unspecified atom stereocenters. The maximum atomic E-state index is 14.2. The minimum absolute atomic E-state index is 0.0251. The molecular weight excluding hydrogens is 602 g/mol. The lowest BCUT2D eigenvalue weighted by atomic mass is 9.84. The van der Waals surface area contributed by atoms with Gasteiger partial charge in [0.05, 0.1) is 12.1 Å². The van der Waals surface area contributed by atoms with Crippen molar-refractivity contribution in [2.45, 2.75) is 176 Å². The second kappa shape index (κ2) is 20.3. The number of nitrogens with one attached hydrogen (secondary N) is 2. The summed E-state index contributed by atoms with van der Waals surface area (Å²) >= 11 is 0. The van der Waals surface area contributed by atoms with Crippen molar-refractivity contribution in [2.24, 2.45) is 11.3 Å². The van der Waals surface area contributed by atoms with Gasteiger partial charge in [-0.25, -0.2) is 0 Å². The van der Waals surface area contributed by atoms with E-state index in [0.717, 1.165) is 45.1 Å². The van der Waals surface area contributed by atoms with E-state index in [-0.39, 0.29) is 47.7 Å². The summed E-state index contributed by atoms with van der Waals surface area (Å²) in [7, 11) is 1.77. The number of rotatable bonds is 18. The Kier molecular flexibility index (Phi) is 17.7. The lowest BCUT2D eigenvalue weighted by Crippen LogP contribution is -2.60. The van der Waals surface area contributed by atoms with E-state index in [9.17, 15) is 19.2 Å². The molecule has 0 aromatic carbocycles. The molecule has 0 aliphatic carbocycles. The molecule has 2 aliphatic heterocycles. The van der Waals surface area contributed by atoms with Crippen LogP contribution in [0.25, 0.3) is 0 Å². The summed E-state index contributed by atoms with van der Waals surface area (Å²) in [5, 5.41) is 6.23. The standard InChI is InChI=1S/C39H71N5O4/c1-11-12-13-14-15-16-17-19-24-40-35(45)31-23-21-26-44(31)37(47)30(6)27-33(28(2)3)42(10)38(48)34(39(7,8)9)41-36(46)32-22-18-20-25-43(32)29(4)5/h27-29,31-34H,11-26H2,1-10H3,(H,40,45)(H,41,46)/b30-27+/t31-,32+,33?,34?/m0/s1. The number of carbonyl (C=O) groups is 4. The van der Waals surface area contributed by atoms with Crippen molar-refractivity contribution >= 4 is 23.6 Å². The molecule has 9 heteroatoms. The van der Waals surface area contributed by atoms with Crippen molar-refractivity contribution in [2.75, 3.05) is 26.7 Å². The first-order valence-electron chi connectivity index (χ1n) is 19.2. The van der Waals surface area contributed by atoms with E-state index in [0.29, 0.717) is 25.1 Å². The van der Waals surface area contributed by atoms with Crippen LogP contribution in [0.1, 0.15) is 146 Å². The number of likely N-dealkylation sites (tertiary alicyclic amines) is 2. The molecular formula is C39H71N5O4. The third-order valence-electron chi connectivity index (χ3n) is 10.3. The minimum Gasteiger partial charge on any atom is -0.354 e. The summed E-state index contributed by atoms with van der Waals surface area (Å²) in [5.41, 5.74) is 0.0152. The largest absolute Gasteiger partial charge is 0.354 e. The summed E-state index contributed by atoms with van der Waals surface area (Å²) in [6.45, 7) is 20.3. The predicted octanol–water partition coefficient (Wildman–Crippen LogP) is 6.46. The highest BCUT2D eigenvalue weighted by Crippen LogP contribution is 2.27. The number of carbonyl (C=O) groups excluding carboxylic acids is 4. The van der Waals surface area contributed by atoms with E-state index in [1.54, 1.807) is 23.8 Å². The molecule has 0 aromatic heterocycles. The first-order valence-corrected chi connectivity index (χ1v) is 19.2. The predicted molar refractivity (Wildman–Crippen MR) is 196 cm³/mol. The van der Waals surface area contributed by atoms with Crippen LogP contribution in [0, 0.1) is 11.3 Å². The second-order valence-electron chi connectivity index (χ2n) is 16.1. The number of piperidine rings is 1. The fourth-order valence-electron chi connectivity index (χ4n) is 7.27. The summed E-state index contributed by atoms with van der Waals surface area (Å²) < 4.78 is 0. The quantitative estimate of drug-likeness (QED) is 0.129. The van der Waals surface area contributed by atoms with Gasteiger partial charge in [0.15, 0.2) is 0 Å². The van der Waals surface area contributed by atoms with E-state index in [1.807, 2.05) is 40.7 Å². The van der Waals surface area contributed by atoms with Crippen LogP contribution in [0.3, 0.4) is 0 Å². The summed E-state index contributed by atoms with van der Waals surface area (Å²) in [6.07, 6.45) is 15.9. The minimum atomic E-state index is -0.718. The highest BCUT2D eigenvalue weighted by Gasteiger charge is 2.40. The zero-order valence-corrected chi connectivity index (χ0v) is 32.3. The molecule has 48 heavy (non-hydrogen) atoms. The Labute approximate surface area is 293 Å². The van der Waals surface area contributed by atoms with E-state index >= 15 is 0 Å². The average Bonchev–Trinajstić information content (AvgIpc) is 3.53. The van der Waals surface area contributed by atoms with Crippen molar-refractivity contribution in [3.05, 3.63) is 11.6 Å². The zero-order valence-electron chi connectivity index (χ0n) is 32.3. The van der Waals surface area contributed by atoms with Gasteiger partial charge in [-0.15, -0.1) is 0 Å². The SMILES string of the molecule is CCCCCCCCCCNC(=O)[C@@H]1CCCN1C(=O)/C(C)=C/C(C(C)C)N(C)C(=O)C(NC(=O)[C@H]1CCCCN1C(C)C)C(C)(C)C. The van der Waals surface area contributed by atoms with Gasteiger partial charge in [-0.2, -0.15) is 0 Å². The van der Waals surface area contributed by atoms with Gasteiger partial charge in [0.25, 0.3) is 0 Å². The van der Waals surface area contributed by atoms with Crippen LogP contribution in [-0.4, -0.2) is 95.2 Å². The number of hydrogen-bond acceptors (Lipinski definition) is 5. The molecule has 9 nitrogen and oxygen atoms in total. The van der Waals surface area contributed by atoms with Gasteiger partial charge < -0.3 is 20.4 Å². The maximum absolute atomic E-state index is 14.2. The lowest BCUT2D eigenvalue weighted by Gasteiger charge is -2.41. The molecule has 2 rings (SSSR count). The topological polar surface area (TPSA) is 102 Å². The highest BCUT2D eigenvalue weighted by molar-refractivity contribution is 5.97. The normalized spacial score (nSPS) is 20.6. The third-order valence-corrected chi connectivity index (χ3v) is 10.3. The van der Waals surface area contributed by atoms with Gasteiger partial charge in [0, 0.05) is 31.8 Å². The van der Waals surface area contributed by atoms with E-state index in [2.05, 4.69) is 36.3 Å². The lowest BCUT2D eigenvalue weighted by molar-refractivity contribution is -0.142. The summed E-state index contributed by atoms with van der Waals surface area (Å²) in [5.74, 6) is -0.455. The molecule has 0 radical (unpaired) electrons. The van der Waals surface area contributed by atoms with Crippen LogP contribution in [0.2, 0.25) is 0 Å². The van der Waals surface area contributed by atoms with Crippen LogP contribution in [0.4, 0.5) is 0 Å². The molecule has 0 saturated carbocycles. The van der Waals surface area contributed by atoms with Crippen LogP contribution in [0.5, 0.6) is 0 Å². The molecule has 2 saturated heterocycles. The number of unbranched alkanes of at least 4 members (excludes halogenated alkanes) is 7. The van der Waals surface area contributed by atoms with Crippen molar-refractivity contribution in [1.29, 1.82) is 0 Å². The molecule has 0 aromatic rings. The number of hydrogen-bond donors (Lipinski definition) is 2. The molecule has 4 amide bonds. The maximum Gasteiger partial charge on any atom is 0.249 e. The average molecular weight is 674 g/mol. The van der Waals surface area contributed by atoms with Crippen LogP contribution in [0.15, 0.2) is 11.6 Å². The molecule has 2 aliphatic rings. The van der Waals surface area contributed by atoms with Crippen LogP contribution in [-0.2, 0) is 19.2 Å². The molecule has 2 fully saturated rings. The van der Waals surface area contributed by atoms with Crippen molar-refractivity contribution in [3.8, 4) is 0 Å². The smallest absolute Gasteiger partial charge is 0.249 e. The summed E-state index contributed by atoms with van der Waals surface area (Å²) in [4.78, 5) is 60.3. The van der Waals surface area contributed by atoms with E-state index in [1.165, 1.54) is 38.5 Å². The van der Waals surface area contributed by atoms with Gasteiger partial charge in [0.1, 0.15) is 12.1 Å². The van der Waals surface area contributed by atoms with Crippen LogP contribution >= 0.6 is 0 Å². The fraction of sp³-hybridized carbons (Fsp3) is 0.846. The highest BCUT2D eigenvalue weighted by atomic mass is 16.2. The zero-order chi connectivity index (χ0) is 36.0. The van der Waals surface area contributed by atoms with E-state index in [4.69, 9.17) is 0 Å². The van der Waals surface area contributed by atoms with Crippen LogP contribution < -0.4 is 10.6 Å². The molecule has 2 heterocycles. The van der Waals surface area contributed by atoms with Crippen molar-refractivity contribution in [3.63, 3.8) is 0 Å². The number of likely N-dealkylation sites (N-methyl/N-ethyl adjacent to an activating group) is 1.